The number of carbonyl (C=O) groups excluding carboxylic acids is 2. The number of anilines is 1. The summed E-state index contributed by atoms with van der Waals surface area (Å²) in [6.07, 6.45) is 0.965. The first kappa shape index (κ1) is 19.7. The molecule has 1 aliphatic heterocycles. The highest BCUT2D eigenvalue weighted by atomic mass is 19.1. The topological polar surface area (TPSA) is 61.9 Å². The number of nitrogens with zero attached hydrogens (tertiary/aromatic N) is 2. The van der Waals surface area contributed by atoms with Crippen molar-refractivity contribution in [2.24, 2.45) is 0 Å². The number of hydrogen-bond donors (Lipinski definition) is 1. The molecule has 7 heteroatoms. The number of urea groups is 1. The van der Waals surface area contributed by atoms with Gasteiger partial charge in [-0.1, -0.05) is 30.3 Å². The molecule has 0 aliphatic carbocycles. The normalized spacial score (nSPS) is 14.3. The fraction of sp³-hybridized carbons (Fsp3) is 0.333. The van der Waals surface area contributed by atoms with Gasteiger partial charge in [-0.15, -0.1) is 0 Å². The Hall–Kier alpha value is -3.09. The lowest BCUT2D eigenvalue weighted by atomic mass is 10.3. The maximum atomic E-state index is 13.7. The Kier molecular flexibility index (Phi) is 6.84. The van der Waals surface area contributed by atoms with Crippen molar-refractivity contribution < 1.29 is 18.7 Å². The van der Waals surface area contributed by atoms with Crippen LogP contribution in [0.5, 0.6) is 5.75 Å². The third-order valence-electron chi connectivity index (χ3n) is 4.58. The van der Waals surface area contributed by atoms with E-state index in [-0.39, 0.29) is 24.0 Å². The molecule has 1 aliphatic rings. The molecule has 1 saturated heterocycles. The number of benzene rings is 2. The molecule has 0 atom stereocenters. The van der Waals surface area contributed by atoms with Crippen LogP contribution in [0.1, 0.15) is 12.8 Å². The minimum absolute atomic E-state index is 0.00675. The zero-order chi connectivity index (χ0) is 19.8. The van der Waals surface area contributed by atoms with Crippen LogP contribution < -0.4 is 10.1 Å². The van der Waals surface area contributed by atoms with Crippen molar-refractivity contribution in [3.63, 3.8) is 0 Å². The number of amides is 3. The van der Waals surface area contributed by atoms with Gasteiger partial charge in [-0.2, -0.15) is 0 Å². The van der Waals surface area contributed by atoms with Gasteiger partial charge in [0.05, 0.1) is 18.7 Å². The predicted octanol–water partition coefficient (Wildman–Crippen LogP) is 3.36. The van der Waals surface area contributed by atoms with E-state index in [1.54, 1.807) is 21.9 Å². The van der Waals surface area contributed by atoms with Crippen LogP contribution >= 0.6 is 0 Å². The zero-order valence-electron chi connectivity index (χ0n) is 15.6. The van der Waals surface area contributed by atoms with Crippen molar-refractivity contribution in [1.82, 2.24) is 9.80 Å². The molecule has 0 aromatic heterocycles. The largest absolute Gasteiger partial charge is 0.493 e. The summed E-state index contributed by atoms with van der Waals surface area (Å²) in [5, 5.41) is 2.59. The van der Waals surface area contributed by atoms with Crippen molar-refractivity contribution >= 4 is 17.6 Å². The molecule has 2 aromatic rings. The van der Waals surface area contributed by atoms with Gasteiger partial charge in [0.1, 0.15) is 11.6 Å². The van der Waals surface area contributed by atoms with E-state index >= 15 is 0 Å². The average Bonchev–Trinajstić information content (AvgIpc) is 2.97. The highest BCUT2D eigenvalue weighted by Crippen LogP contribution is 2.14. The summed E-state index contributed by atoms with van der Waals surface area (Å²) in [6, 6.07) is 15.1. The van der Waals surface area contributed by atoms with Crippen molar-refractivity contribution in [1.29, 1.82) is 0 Å². The average molecular weight is 385 g/mol. The summed E-state index contributed by atoms with van der Waals surface area (Å²) in [5.41, 5.74) is 0.155. The molecule has 0 spiro atoms. The van der Waals surface area contributed by atoms with Gasteiger partial charge in [0.15, 0.2) is 0 Å². The van der Waals surface area contributed by atoms with E-state index in [1.807, 2.05) is 30.3 Å². The molecule has 1 N–H and O–H groups in total. The summed E-state index contributed by atoms with van der Waals surface area (Å²) in [4.78, 5) is 28.2. The van der Waals surface area contributed by atoms with E-state index in [2.05, 4.69) is 5.32 Å². The van der Waals surface area contributed by atoms with E-state index in [1.165, 1.54) is 12.1 Å². The van der Waals surface area contributed by atoms with Gasteiger partial charge in [0.2, 0.25) is 5.91 Å². The molecule has 1 heterocycles. The molecule has 0 bridgehead atoms. The Bertz CT molecular complexity index is 800. The van der Waals surface area contributed by atoms with Crippen LogP contribution in [0.3, 0.4) is 0 Å². The van der Waals surface area contributed by atoms with Crippen molar-refractivity contribution in [3.05, 3.63) is 60.4 Å². The Labute approximate surface area is 163 Å². The summed E-state index contributed by atoms with van der Waals surface area (Å²) < 4.78 is 19.3. The maximum absolute atomic E-state index is 13.7. The molecule has 0 radical (unpaired) electrons. The Morgan fingerprint density at radius 2 is 1.61 bits per heavy atom. The molecular weight excluding hydrogens is 361 g/mol. The fourth-order valence-electron chi connectivity index (χ4n) is 3.06. The monoisotopic (exact) mass is 385 g/mol. The number of hydrogen-bond acceptors (Lipinski definition) is 3. The first-order valence-corrected chi connectivity index (χ1v) is 9.39. The summed E-state index contributed by atoms with van der Waals surface area (Å²) >= 11 is 0. The summed E-state index contributed by atoms with van der Waals surface area (Å²) in [7, 11) is 0. The van der Waals surface area contributed by atoms with Crippen LogP contribution in [-0.4, -0.2) is 54.5 Å². The number of nitrogens with one attached hydrogen (secondary N) is 1. The molecule has 6 nitrogen and oxygen atoms in total. The lowest BCUT2D eigenvalue weighted by Gasteiger charge is -2.22. The minimum Gasteiger partial charge on any atom is -0.493 e. The molecular formula is C21H24FN3O3. The summed E-state index contributed by atoms with van der Waals surface area (Å²) in [5.74, 6) is 0.273. The van der Waals surface area contributed by atoms with Crippen LogP contribution in [0, 0.1) is 5.82 Å². The van der Waals surface area contributed by atoms with Crippen molar-refractivity contribution in [2.45, 2.75) is 12.8 Å². The van der Waals surface area contributed by atoms with E-state index in [4.69, 9.17) is 4.74 Å². The number of halogens is 1. The first-order chi connectivity index (χ1) is 13.6. The van der Waals surface area contributed by atoms with Gasteiger partial charge in [0, 0.05) is 26.2 Å². The number of carbonyl (C=O) groups is 2. The smallest absolute Gasteiger partial charge is 0.321 e. The Morgan fingerprint density at radius 1 is 0.929 bits per heavy atom. The van der Waals surface area contributed by atoms with Crippen LogP contribution in [0.25, 0.3) is 0 Å². The highest BCUT2D eigenvalue weighted by Gasteiger charge is 2.22. The predicted molar refractivity (Wildman–Crippen MR) is 105 cm³/mol. The SMILES string of the molecule is O=C(CCOc1ccccc1)N1CCCN(C(=O)Nc2ccccc2F)CC1. The van der Waals surface area contributed by atoms with Gasteiger partial charge in [-0.05, 0) is 30.7 Å². The van der Waals surface area contributed by atoms with Gasteiger partial charge < -0.3 is 19.9 Å². The second-order valence-corrected chi connectivity index (χ2v) is 6.54. The summed E-state index contributed by atoms with van der Waals surface area (Å²) in [6.45, 7) is 2.29. The molecule has 2 aromatic carbocycles. The molecule has 0 unspecified atom stereocenters. The zero-order valence-corrected chi connectivity index (χ0v) is 15.6. The molecule has 3 rings (SSSR count). The van der Waals surface area contributed by atoms with Crippen molar-refractivity contribution in [2.75, 3.05) is 38.1 Å². The van der Waals surface area contributed by atoms with Gasteiger partial charge in [-0.25, -0.2) is 9.18 Å². The number of rotatable bonds is 5. The second-order valence-electron chi connectivity index (χ2n) is 6.54. The molecule has 3 amide bonds. The molecule has 0 saturated carbocycles. The minimum atomic E-state index is -0.471. The standard InChI is InChI=1S/C21H24FN3O3/c22-18-9-4-5-10-19(18)23-21(27)25-13-6-12-24(14-15-25)20(26)11-16-28-17-7-2-1-3-8-17/h1-5,7-10H,6,11-16H2,(H,23,27). The van der Waals surface area contributed by atoms with Crippen LogP contribution in [0.2, 0.25) is 0 Å². The molecule has 28 heavy (non-hydrogen) atoms. The van der Waals surface area contributed by atoms with Crippen LogP contribution in [-0.2, 0) is 4.79 Å². The second kappa shape index (κ2) is 9.73. The molecule has 148 valence electrons. The van der Waals surface area contributed by atoms with Gasteiger partial charge in [0.25, 0.3) is 0 Å². The van der Waals surface area contributed by atoms with E-state index in [9.17, 15) is 14.0 Å². The number of para-hydroxylation sites is 2. The van der Waals surface area contributed by atoms with Gasteiger partial charge >= 0.3 is 6.03 Å². The third-order valence-corrected chi connectivity index (χ3v) is 4.58. The Balaban J connectivity index is 1.45. The Morgan fingerprint density at radius 3 is 2.39 bits per heavy atom. The van der Waals surface area contributed by atoms with Gasteiger partial charge in [-0.3, -0.25) is 4.79 Å². The fourth-order valence-corrected chi connectivity index (χ4v) is 3.06. The third kappa shape index (κ3) is 5.45. The first-order valence-electron chi connectivity index (χ1n) is 9.39. The van der Waals surface area contributed by atoms with E-state index < -0.39 is 5.82 Å². The number of ether oxygens (including phenoxy) is 1. The van der Waals surface area contributed by atoms with E-state index in [0.29, 0.717) is 39.2 Å². The quantitative estimate of drug-likeness (QED) is 0.859. The lowest BCUT2D eigenvalue weighted by molar-refractivity contribution is -0.131. The van der Waals surface area contributed by atoms with Crippen LogP contribution in [0.4, 0.5) is 14.9 Å². The molecule has 1 fully saturated rings. The van der Waals surface area contributed by atoms with Crippen LogP contribution in [0.15, 0.2) is 54.6 Å². The maximum Gasteiger partial charge on any atom is 0.321 e. The van der Waals surface area contributed by atoms with Crippen molar-refractivity contribution in [3.8, 4) is 5.75 Å². The van der Waals surface area contributed by atoms with E-state index in [0.717, 1.165) is 5.75 Å². The lowest BCUT2D eigenvalue weighted by Crippen LogP contribution is -2.39. The highest BCUT2D eigenvalue weighted by molar-refractivity contribution is 5.89.